The Balaban J connectivity index is 1.42. The van der Waals surface area contributed by atoms with Gasteiger partial charge in [0, 0.05) is 38.8 Å². The van der Waals surface area contributed by atoms with Crippen LogP contribution < -0.4 is 0 Å². The molecule has 4 aliphatic rings. The van der Waals surface area contributed by atoms with E-state index in [1.165, 1.54) is 19.3 Å². The van der Waals surface area contributed by atoms with Crippen LogP contribution in [-0.2, 0) is 14.3 Å². The lowest BCUT2D eigenvalue weighted by molar-refractivity contribution is -0.142. The first-order chi connectivity index (χ1) is 11.3. The van der Waals surface area contributed by atoms with Crippen LogP contribution in [-0.4, -0.2) is 73.9 Å². The van der Waals surface area contributed by atoms with E-state index >= 15 is 0 Å². The number of carbonyl (C=O) groups excluding carboxylic acids is 1. The molecule has 0 saturated carbocycles. The fourth-order valence-corrected chi connectivity index (χ4v) is 4.67. The Morgan fingerprint density at radius 1 is 1.13 bits per heavy atom. The predicted octanol–water partition coefficient (Wildman–Crippen LogP) is 1.29. The van der Waals surface area contributed by atoms with Gasteiger partial charge in [-0.1, -0.05) is 12.2 Å². The number of amides is 1. The van der Waals surface area contributed by atoms with Gasteiger partial charge < -0.3 is 14.4 Å². The minimum Gasteiger partial charge on any atom is -0.378 e. The molecule has 4 rings (SSSR count). The van der Waals surface area contributed by atoms with Crippen molar-refractivity contribution < 1.29 is 14.3 Å². The first-order valence-corrected chi connectivity index (χ1v) is 9.20. The average Bonchev–Trinajstić information content (AvgIpc) is 3.20. The van der Waals surface area contributed by atoms with E-state index in [1.54, 1.807) is 0 Å². The van der Waals surface area contributed by atoms with E-state index in [0.717, 1.165) is 45.1 Å². The van der Waals surface area contributed by atoms with Crippen LogP contribution in [0, 0.1) is 11.8 Å². The van der Waals surface area contributed by atoms with Crippen LogP contribution in [0.4, 0.5) is 0 Å². The van der Waals surface area contributed by atoms with Gasteiger partial charge >= 0.3 is 0 Å². The minimum atomic E-state index is 0.0275. The molecule has 23 heavy (non-hydrogen) atoms. The molecule has 0 aromatic rings. The number of ether oxygens (including phenoxy) is 2. The maximum absolute atomic E-state index is 12.9. The second-order valence-electron chi connectivity index (χ2n) is 7.34. The summed E-state index contributed by atoms with van der Waals surface area (Å²) < 4.78 is 11.4. The van der Waals surface area contributed by atoms with E-state index in [0.29, 0.717) is 19.3 Å². The highest BCUT2D eigenvalue weighted by atomic mass is 16.5. The average molecular weight is 320 g/mol. The van der Waals surface area contributed by atoms with Crippen molar-refractivity contribution >= 4 is 5.91 Å². The lowest BCUT2D eigenvalue weighted by Gasteiger charge is -2.30. The smallest absolute Gasteiger partial charge is 0.229 e. The molecule has 0 aromatic carbocycles. The first kappa shape index (κ1) is 15.6. The molecule has 1 amide bonds. The molecule has 3 aliphatic heterocycles. The van der Waals surface area contributed by atoms with Gasteiger partial charge in [-0.2, -0.15) is 0 Å². The highest BCUT2D eigenvalue weighted by Gasteiger charge is 2.49. The van der Waals surface area contributed by atoms with Crippen LogP contribution >= 0.6 is 0 Å². The summed E-state index contributed by atoms with van der Waals surface area (Å²) in [6, 6.07) is 0.455. The van der Waals surface area contributed by atoms with Gasteiger partial charge in [-0.25, -0.2) is 0 Å². The van der Waals surface area contributed by atoms with Gasteiger partial charge in [0.15, 0.2) is 0 Å². The normalized spacial score (nSPS) is 38.0. The fraction of sp³-hybridized carbons (Fsp3) is 0.833. The number of rotatable bonds is 3. The van der Waals surface area contributed by atoms with Gasteiger partial charge in [0.25, 0.3) is 0 Å². The number of nitrogens with zero attached hydrogens (tertiary/aromatic N) is 2. The fourth-order valence-electron chi connectivity index (χ4n) is 4.67. The lowest BCUT2D eigenvalue weighted by Crippen LogP contribution is -2.46. The highest BCUT2D eigenvalue weighted by molar-refractivity contribution is 5.80. The predicted molar refractivity (Wildman–Crippen MR) is 87.1 cm³/mol. The summed E-state index contributed by atoms with van der Waals surface area (Å²) in [6.07, 6.45) is 9.50. The van der Waals surface area contributed by atoms with E-state index in [2.05, 4.69) is 17.1 Å². The number of carbonyl (C=O) groups is 1. The summed E-state index contributed by atoms with van der Waals surface area (Å²) in [6.45, 7) is 5.63. The van der Waals surface area contributed by atoms with E-state index in [4.69, 9.17) is 9.47 Å². The number of hydrogen-bond donors (Lipinski definition) is 0. The quantitative estimate of drug-likeness (QED) is 0.735. The Morgan fingerprint density at radius 2 is 2.00 bits per heavy atom. The number of fused-ring (bicyclic) bond motifs is 1. The van der Waals surface area contributed by atoms with Crippen LogP contribution in [0.2, 0.25) is 0 Å². The summed E-state index contributed by atoms with van der Waals surface area (Å²) in [4.78, 5) is 17.5. The molecule has 3 saturated heterocycles. The Morgan fingerprint density at radius 3 is 2.78 bits per heavy atom. The maximum Gasteiger partial charge on any atom is 0.229 e. The van der Waals surface area contributed by atoms with Crippen molar-refractivity contribution in [2.24, 2.45) is 11.8 Å². The molecule has 4 atom stereocenters. The zero-order valence-corrected chi connectivity index (χ0v) is 13.9. The summed E-state index contributed by atoms with van der Waals surface area (Å²) >= 11 is 0. The van der Waals surface area contributed by atoms with Crippen LogP contribution in [0.1, 0.15) is 25.7 Å². The molecular formula is C18H28N2O3. The van der Waals surface area contributed by atoms with Gasteiger partial charge in [-0.05, 0) is 31.6 Å². The molecule has 0 spiro atoms. The van der Waals surface area contributed by atoms with E-state index in [9.17, 15) is 4.79 Å². The zero-order valence-electron chi connectivity index (χ0n) is 13.9. The van der Waals surface area contributed by atoms with Gasteiger partial charge in [0.05, 0.1) is 25.2 Å². The standard InChI is InChI=1S/C18H28N2O3/c21-18(19-7-10-22-11-8-19)15-13-20(16-6-9-23-17(15)16)12-14-4-2-1-3-5-14/h1-2,14-17H,3-13H2/t14?,15-,16+,17+/m1/s1. The van der Waals surface area contributed by atoms with Gasteiger partial charge in [-0.15, -0.1) is 0 Å². The van der Waals surface area contributed by atoms with Gasteiger partial charge in [-0.3, -0.25) is 9.69 Å². The summed E-state index contributed by atoms with van der Waals surface area (Å²) in [5, 5.41) is 0. The molecule has 128 valence electrons. The summed E-state index contributed by atoms with van der Waals surface area (Å²) in [5.74, 6) is 1.06. The number of morpholine rings is 1. The molecule has 3 heterocycles. The van der Waals surface area contributed by atoms with E-state index in [-0.39, 0.29) is 17.9 Å². The molecule has 3 fully saturated rings. The van der Waals surface area contributed by atoms with Crippen molar-refractivity contribution in [2.45, 2.75) is 37.8 Å². The highest BCUT2D eigenvalue weighted by Crippen LogP contribution is 2.36. The third kappa shape index (κ3) is 3.19. The minimum absolute atomic E-state index is 0.0275. The SMILES string of the molecule is O=C([C@@H]1CN(CC2CC=CCC2)[C@H]2CCO[C@@H]12)N1CCOCC1. The van der Waals surface area contributed by atoms with Crippen LogP contribution in [0.25, 0.3) is 0 Å². The van der Waals surface area contributed by atoms with Crippen molar-refractivity contribution in [1.82, 2.24) is 9.80 Å². The number of allylic oxidation sites excluding steroid dienone is 2. The summed E-state index contributed by atoms with van der Waals surface area (Å²) in [5.41, 5.74) is 0. The first-order valence-electron chi connectivity index (χ1n) is 9.20. The van der Waals surface area contributed by atoms with Crippen LogP contribution in [0.15, 0.2) is 12.2 Å². The summed E-state index contributed by atoms with van der Waals surface area (Å²) in [7, 11) is 0. The zero-order chi connectivity index (χ0) is 15.6. The Kier molecular flexibility index (Phi) is 4.69. The number of hydrogen-bond acceptors (Lipinski definition) is 4. The van der Waals surface area contributed by atoms with E-state index in [1.807, 2.05) is 4.90 Å². The van der Waals surface area contributed by atoms with Crippen LogP contribution in [0.5, 0.6) is 0 Å². The molecule has 0 radical (unpaired) electrons. The molecular weight excluding hydrogens is 292 g/mol. The Bertz CT molecular complexity index is 461. The molecule has 0 N–H and O–H groups in total. The van der Waals surface area contributed by atoms with Crippen molar-refractivity contribution in [1.29, 1.82) is 0 Å². The molecule has 0 aromatic heterocycles. The molecule has 5 heteroatoms. The third-order valence-corrected chi connectivity index (χ3v) is 5.91. The molecule has 1 aliphatic carbocycles. The second kappa shape index (κ2) is 6.91. The van der Waals surface area contributed by atoms with Crippen molar-refractivity contribution in [2.75, 3.05) is 46.0 Å². The molecule has 0 bridgehead atoms. The molecule has 5 nitrogen and oxygen atoms in total. The monoisotopic (exact) mass is 320 g/mol. The van der Waals surface area contributed by atoms with Crippen molar-refractivity contribution in [3.63, 3.8) is 0 Å². The lowest BCUT2D eigenvalue weighted by atomic mass is 9.93. The Labute approximate surface area is 138 Å². The van der Waals surface area contributed by atoms with Crippen molar-refractivity contribution in [3.8, 4) is 0 Å². The van der Waals surface area contributed by atoms with Crippen LogP contribution in [0.3, 0.4) is 0 Å². The maximum atomic E-state index is 12.9. The largest absolute Gasteiger partial charge is 0.378 e. The molecule has 1 unspecified atom stereocenters. The van der Waals surface area contributed by atoms with Crippen molar-refractivity contribution in [3.05, 3.63) is 12.2 Å². The second-order valence-corrected chi connectivity index (χ2v) is 7.34. The Hall–Kier alpha value is -0.910. The topological polar surface area (TPSA) is 42.0 Å². The van der Waals surface area contributed by atoms with Gasteiger partial charge in [0.1, 0.15) is 0 Å². The van der Waals surface area contributed by atoms with Gasteiger partial charge in [0.2, 0.25) is 5.91 Å². The van der Waals surface area contributed by atoms with E-state index < -0.39 is 0 Å². The third-order valence-electron chi connectivity index (χ3n) is 5.91. The number of likely N-dealkylation sites (tertiary alicyclic amines) is 1.